The van der Waals surface area contributed by atoms with Gasteiger partial charge in [-0.05, 0) is 70.0 Å². The minimum absolute atomic E-state index is 0.0261. The van der Waals surface area contributed by atoms with Gasteiger partial charge in [0.1, 0.15) is 30.4 Å². The van der Waals surface area contributed by atoms with Gasteiger partial charge in [-0.15, -0.1) is 0 Å². The Labute approximate surface area is 192 Å². The molecule has 176 valence electrons. The van der Waals surface area contributed by atoms with E-state index < -0.39 is 18.4 Å². The quantitative estimate of drug-likeness (QED) is 0.596. The highest BCUT2D eigenvalue weighted by molar-refractivity contribution is 5.96. The number of anilines is 1. The lowest BCUT2D eigenvalue weighted by Crippen LogP contribution is -2.38. The molecule has 0 spiro atoms. The number of carbonyl (C=O) groups excluding carboxylic acids is 1. The van der Waals surface area contributed by atoms with Crippen molar-refractivity contribution in [3.05, 3.63) is 42.6 Å². The van der Waals surface area contributed by atoms with Crippen LogP contribution in [0.3, 0.4) is 0 Å². The first-order valence-electron chi connectivity index (χ1n) is 11.2. The molecule has 0 bridgehead atoms. The van der Waals surface area contributed by atoms with Crippen LogP contribution in [-0.4, -0.2) is 58.8 Å². The van der Waals surface area contributed by atoms with E-state index in [9.17, 15) is 14.3 Å². The number of aliphatic hydroxyl groups is 1. The highest BCUT2D eigenvalue weighted by Crippen LogP contribution is 2.32. The van der Waals surface area contributed by atoms with E-state index in [1.54, 1.807) is 24.4 Å². The summed E-state index contributed by atoms with van der Waals surface area (Å²) in [5, 5.41) is 10.7. The van der Waals surface area contributed by atoms with Crippen molar-refractivity contribution in [1.29, 1.82) is 0 Å². The van der Waals surface area contributed by atoms with Crippen LogP contribution in [0.15, 0.2) is 42.6 Å². The topological polar surface area (TPSA) is 76.8 Å². The molecule has 0 radical (unpaired) electrons. The number of hydrogen-bond donors (Lipinski definition) is 1. The Morgan fingerprint density at radius 2 is 2.06 bits per heavy atom. The third-order valence-electron chi connectivity index (χ3n) is 5.46. The van der Waals surface area contributed by atoms with Gasteiger partial charge in [-0.2, -0.15) is 0 Å². The van der Waals surface area contributed by atoms with Crippen LogP contribution in [0.5, 0.6) is 5.75 Å². The van der Waals surface area contributed by atoms with Crippen molar-refractivity contribution in [1.82, 2.24) is 9.55 Å². The number of rotatable bonds is 5. The summed E-state index contributed by atoms with van der Waals surface area (Å²) in [5.74, 6) is 1.32. The molecule has 0 amide bonds. The third kappa shape index (κ3) is 5.27. The molecular weight excluding hydrogens is 425 g/mol. The van der Waals surface area contributed by atoms with Crippen LogP contribution in [0, 0.1) is 0 Å². The van der Waals surface area contributed by atoms with Gasteiger partial charge in [0, 0.05) is 30.2 Å². The smallest absolute Gasteiger partial charge is 0.419 e. The second kappa shape index (κ2) is 9.39. The molecule has 0 saturated carbocycles. The first kappa shape index (κ1) is 23.0. The van der Waals surface area contributed by atoms with Crippen LogP contribution < -0.4 is 9.64 Å². The van der Waals surface area contributed by atoms with Crippen molar-refractivity contribution in [2.24, 2.45) is 0 Å². The highest BCUT2D eigenvalue weighted by Gasteiger charge is 2.24. The molecule has 2 aromatic heterocycles. The molecule has 7 nitrogen and oxygen atoms in total. The van der Waals surface area contributed by atoms with Crippen molar-refractivity contribution < 1.29 is 23.8 Å². The number of halogens is 1. The number of fused-ring (bicyclic) bond motifs is 1. The molecular formula is C25H30FN3O4. The molecule has 4 rings (SSSR count). The summed E-state index contributed by atoms with van der Waals surface area (Å²) >= 11 is 0. The number of aliphatic hydroxyl groups excluding tert-OH is 1. The molecule has 0 aliphatic carbocycles. The third-order valence-corrected chi connectivity index (χ3v) is 5.46. The number of piperidine rings is 1. The zero-order valence-corrected chi connectivity index (χ0v) is 19.3. The van der Waals surface area contributed by atoms with Gasteiger partial charge < -0.3 is 19.5 Å². The second-order valence-corrected chi connectivity index (χ2v) is 9.25. The molecule has 1 aliphatic rings. The summed E-state index contributed by atoms with van der Waals surface area (Å²) in [5.41, 5.74) is 1.39. The SMILES string of the molecule is CC(C)(C)OC(=O)n1c(-c2ccc(N3CCC[C@@H](O)C3)nc2)cc2cc(OCCF)ccc21. The molecule has 0 unspecified atom stereocenters. The van der Waals surface area contributed by atoms with Gasteiger partial charge >= 0.3 is 6.09 Å². The summed E-state index contributed by atoms with van der Waals surface area (Å²) in [6.07, 6.45) is 2.62. The maximum Gasteiger partial charge on any atom is 0.419 e. The van der Waals surface area contributed by atoms with Gasteiger partial charge in [0.15, 0.2) is 0 Å². The second-order valence-electron chi connectivity index (χ2n) is 9.25. The fraction of sp³-hybridized carbons (Fsp3) is 0.440. The van der Waals surface area contributed by atoms with Crippen molar-refractivity contribution in [2.75, 3.05) is 31.3 Å². The summed E-state index contributed by atoms with van der Waals surface area (Å²) < 4.78 is 25.1. The van der Waals surface area contributed by atoms with Crippen LogP contribution in [0.1, 0.15) is 33.6 Å². The fourth-order valence-corrected chi connectivity index (χ4v) is 4.04. The number of alkyl halides is 1. The lowest BCUT2D eigenvalue weighted by Gasteiger charge is -2.31. The monoisotopic (exact) mass is 455 g/mol. The lowest BCUT2D eigenvalue weighted by molar-refractivity contribution is 0.0547. The van der Waals surface area contributed by atoms with Crippen molar-refractivity contribution in [3.8, 4) is 17.0 Å². The molecule has 1 aromatic carbocycles. The number of ether oxygens (including phenoxy) is 2. The van der Waals surface area contributed by atoms with Crippen LogP contribution in [0.2, 0.25) is 0 Å². The van der Waals surface area contributed by atoms with Gasteiger partial charge in [-0.25, -0.2) is 18.7 Å². The van der Waals surface area contributed by atoms with E-state index in [4.69, 9.17) is 9.47 Å². The van der Waals surface area contributed by atoms with Gasteiger partial charge in [0.25, 0.3) is 0 Å². The Hall–Kier alpha value is -3.13. The molecule has 1 aliphatic heterocycles. The van der Waals surface area contributed by atoms with Crippen molar-refractivity contribution in [3.63, 3.8) is 0 Å². The molecule has 33 heavy (non-hydrogen) atoms. The summed E-state index contributed by atoms with van der Waals surface area (Å²) in [7, 11) is 0. The summed E-state index contributed by atoms with van der Waals surface area (Å²) in [6.45, 7) is 6.28. The number of hydrogen-bond acceptors (Lipinski definition) is 6. The van der Waals surface area contributed by atoms with E-state index in [1.165, 1.54) is 4.57 Å². The molecule has 8 heteroatoms. The number of benzene rings is 1. The minimum atomic E-state index is -0.660. The Morgan fingerprint density at radius 1 is 1.24 bits per heavy atom. The van der Waals surface area contributed by atoms with E-state index in [0.717, 1.165) is 36.2 Å². The standard InChI is InChI=1S/C25H30FN3O4/c1-25(2,3)33-24(31)29-21-8-7-20(32-12-10-26)13-18(21)14-22(29)17-6-9-23(27-15-17)28-11-4-5-19(30)16-28/h6-9,13-15,19,30H,4-5,10-12,16H2,1-3H3/t19-/m1/s1. The van der Waals surface area contributed by atoms with E-state index in [-0.39, 0.29) is 12.7 Å². The van der Waals surface area contributed by atoms with Crippen LogP contribution in [0.4, 0.5) is 15.0 Å². The molecule has 1 N–H and O–H groups in total. The average molecular weight is 456 g/mol. The van der Waals surface area contributed by atoms with E-state index >= 15 is 0 Å². The zero-order valence-electron chi connectivity index (χ0n) is 19.3. The van der Waals surface area contributed by atoms with Gasteiger partial charge in [-0.1, -0.05) is 0 Å². The molecule has 1 atom stereocenters. The Bertz CT molecular complexity index is 1120. The van der Waals surface area contributed by atoms with Gasteiger partial charge in [-0.3, -0.25) is 0 Å². The van der Waals surface area contributed by atoms with Crippen LogP contribution >= 0.6 is 0 Å². The molecule has 3 heterocycles. The Balaban J connectivity index is 1.73. The van der Waals surface area contributed by atoms with Gasteiger partial charge in [0.05, 0.1) is 17.3 Å². The minimum Gasteiger partial charge on any atom is -0.491 e. The lowest BCUT2D eigenvalue weighted by atomic mass is 10.1. The van der Waals surface area contributed by atoms with Crippen molar-refractivity contribution in [2.45, 2.75) is 45.3 Å². The predicted molar refractivity (Wildman–Crippen MR) is 126 cm³/mol. The van der Waals surface area contributed by atoms with E-state index in [1.807, 2.05) is 39.0 Å². The highest BCUT2D eigenvalue weighted by atomic mass is 19.1. The molecule has 3 aromatic rings. The van der Waals surface area contributed by atoms with Crippen LogP contribution in [-0.2, 0) is 4.74 Å². The normalized spacial score (nSPS) is 16.8. The Kier molecular flexibility index (Phi) is 6.56. The Morgan fingerprint density at radius 3 is 2.73 bits per heavy atom. The first-order chi connectivity index (χ1) is 15.7. The van der Waals surface area contributed by atoms with Gasteiger partial charge in [0.2, 0.25) is 0 Å². The number of pyridine rings is 1. The molecule has 1 fully saturated rings. The maximum absolute atomic E-state index is 13.1. The first-order valence-corrected chi connectivity index (χ1v) is 11.2. The van der Waals surface area contributed by atoms with E-state index in [2.05, 4.69) is 9.88 Å². The van der Waals surface area contributed by atoms with E-state index in [0.29, 0.717) is 23.5 Å². The summed E-state index contributed by atoms with van der Waals surface area (Å²) in [4.78, 5) is 19.8. The number of β-amino-alcohol motifs (C(OH)–C–C–N with tert-alkyl or cyclic N) is 1. The van der Waals surface area contributed by atoms with Crippen LogP contribution in [0.25, 0.3) is 22.2 Å². The number of aromatic nitrogens is 2. The number of carbonyl (C=O) groups is 1. The van der Waals surface area contributed by atoms with Crippen molar-refractivity contribution >= 4 is 22.8 Å². The average Bonchev–Trinajstić information content (AvgIpc) is 3.15. The summed E-state index contributed by atoms with van der Waals surface area (Å²) in [6, 6.07) is 11.0. The largest absolute Gasteiger partial charge is 0.491 e. The maximum atomic E-state index is 13.1. The fourth-order valence-electron chi connectivity index (χ4n) is 4.04. The predicted octanol–water partition coefficient (Wildman–Crippen LogP) is 4.80. The molecule has 1 saturated heterocycles. The zero-order chi connectivity index (χ0) is 23.6. The number of nitrogens with zero attached hydrogens (tertiary/aromatic N) is 3.